The van der Waals surface area contributed by atoms with E-state index in [1.807, 2.05) is 7.05 Å². The lowest BCUT2D eigenvalue weighted by Crippen LogP contribution is -2.47. The molecular formula is C30H30N2O8. The van der Waals surface area contributed by atoms with Crippen molar-refractivity contribution in [3.8, 4) is 40.1 Å². The van der Waals surface area contributed by atoms with Crippen molar-refractivity contribution in [2.24, 2.45) is 0 Å². The maximum atomic E-state index is 13.6. The molecule has 1 aromatic heterocycles. The number of phenolic OH excluding ortho intramolecular Hbond substituents is 4. The molecule has 10 nitrogen and oxygen atoms in total. The zero-order chi connectivity index (χ0) is 28.6. The van der Waals surface area contributed by atoms with Gasteiger partial charge in [0.2, 0.25) is 11.7 Å². The lowest BCUT2D eigenvalue weighted by Gasteiger charge is -2.33. The first-order valence-electron chi connectivity index (χ1n) is 12.8. The number of nitrogens with zero attached hydrogens (tertiary/aromatic N) is 2. The normalized spacial score (nSPS) is 14.8. The van der Waals surface area contributed by atoms with Crippen molar-refractivity contribution in [2.45, 2.75) is 12.3 Å². The van der Waals surface area contributed by atoms with E-state index in [-0.39, 0.29) is 46.1 Å². The summed E-state index contributed by atoms with van der Waals surface area (Å²) in [6, 6.07) is 14.5. The van der Waals surface area contributed by atoms with Gasteiger partial charge in [-0.1, -0.05) is 36.4 Å². The number of likely N-dealkylation sites (N-methyl/N-ethyl adjacent to an activating group) is 1. The summed E-state index contributed by atoms with van der Waals surface area (Å²) < 4.78 is 11.3. The van der Waals surface area contributed by atoms with Crippen LogP contribution in [-0.2, 0) is 4.79 Å². The van der Waals surface area contributed by atoms with E-state index < -0.39 is 28.6 Å². The van der Waals surface area contributed by atoms with Crippen LogP contribution in [0.25, 0.3) is 22.3 Å². The number of rotatable bonds is 6. The summed E-state index contributed by atoms with van der Waals surface area (Å²) >= 11 is 0. The van der Waals surface area contributed by atoms with Crippen LogP contribution in [0.5, 0.6) is 28.7 Å². The van der Waals surface area contributed by atoms with Gasteiger partial charge in [0.25, 0.3) is 0 Å². The standard InChI is InChI=1S/C30H30N2O8/c1-31-10-12-32(13-11-31)24(35)15-19(18-8-9-22(39-2)20(33)14-18)25-27(36)29(38)28(37)26-21(34)16-23(40-30(25)26)17-6-4-3-5-7-17/h3-9,14,16,19,33,36-38H,10-13,15H2,1-2H3/t19-/m1/s1. The van der Waals surface area contributed by atoms with E-state index >= 15 is 0 Å². The van der Waals surface area contributed by atoms with Crippen LogP contribution in [-0.4, -0.2) is 76.5 Å². The zero-order valence-electron chi connectivity index (χ0n) is 22.1. The van der Waals surface area contributed by atoms with Crippen LogP contribution in [0.4, 0.5) is 0 Å². The Balaban J connectivity index is 1.74. The van der Waals surface area contributed by atoms with Crippen molar-refractivity contribution in [1.82, 2.24) is 9.80 Å². The fraction of sp³-hybridized carbons (Fsp3) is 0.267. The largest absolute Gasteiger partial charge is 0.504 e. The fourth-order valence-corrected chi connectivity index (χ4v) is 5.11. The van der Waals surface area contributed by atoms with E-state index in [0.29, 0.717) is 37.3 Å². The minimum atomic E-state index is -0.980. The fourth-order valence-electron chi connectivity index (χ4n) is 5.11. The van der Waals surface area contributed by atoms with Crippen LogP contribution in [0.1, 0.15) is 23.5 Å². The van der Waals surface area contributed by atoms with Crippen LogP contribution in [0, 0.1) is 0 Å². The number of hydrogen-bond acceptors (Lipinski definition) is 9. The number of hydrogen-bond donors (Lipinski definition) is 4. The van der Waals surface area contributed by atoms with Crippen LogP contribution in [0.2, 0.25) is 0 Å². The van der Waals surface area contributed by atoms with Gasteiger partial charge >= 0.3 is 0 Å². The molecule has 208 valence electrons. The number of methoxy groups -OCH3 is 1. The molecule has 0 saturated carbocycles. The van der Waals surface area contributed by atoms with Crippen LogP contribution >= 0.6 is 0 Å². The van der Waals surface area contributed by atoms with E-state index in [1.165, 1.54) is 25.3 Å². The second-order valence-electron chi connectivity index (χ2n) is 9.88. The molecule has 2 heterocycles. The lowest BCUT2D eigenvalue weighted by atomic mass is 9.85. The Morgan fingerprint density at radius 2 is 1.65 bits per heavy atom. The third kappa shape index (κ3) is 4.89. The topological polar surface area (TPSA) is 144 Å². The third-order valence-electron chi connectivity index (χ3n) is 7.38. The summed E-state index contributed by atoms with van der Waals surface area (Å²) in [6.07, 6.45) is -0.179. The molecule has 10 heteroatoms. The average Bonchev–Trinajstić information content (AvgIpc) is 2.95. The van der Waals surface area contributed by atoms with Gasteiger partial charge < -0.3 is 39.4 Å². The monoisotopic (exact) mass is 546 g/mol. The van der Waals surface area contributed by atoms with Gasteiger partial charge in [-0.25, -0.2) is 0 Å². The van der Waals surface area contributed by atoms with E-state index in [4.69, 9.17) is 9.15 Å². The lowest BCUT2D eigenvalue weighted by molar-refractivity contribution is -0.133. The number of fused-ring (bicyclic) bond motifs is 1. The van der Waals surface area contributed by atoms with E-state index in [0.717, 1.165) is 0 Å². The van der Waals surface area contributed by atoms with Crippen molar-refractivity contribution in [2.75, 3.05) is 40.3 Å². The Kier molecular flexibility index (Phi) is 7.27. The summed E-state index contributed by atoms with van der Waals surface area (Å²) in [5.41, 5.74) is 0.0932. The summed E-state index contributed by atoms with van der Waals surface area (Å²) in [4.78, 5) is 30.6. The summed E-state index contributed by atoms with van der Waals surface area (Å²) in [6.45, 7) is 2.42. The Morgan fingerprint density at radius 1 is 0.950 bits per heavy atom. The van der Waals surface area contributed by atoms with Crippen LogP contribution in [0.3, 0.4) is 0 Å². The summed E-state index contributed by atoms with van der Waals surface area (Å²) in [7, 11) is 3.38. The zero-order valence-corrected chi connectivity index (χ0v) is 22.1. The SMILES string of the molecule is COc1ccc([C@@H](CC(=O)N2CCN(C)CC2)c2c(O)c(O)c(O)c3c(=O)cc(-c4ccccc4)oc23)cc1O. The van der Waals surface area contributed by atoms with Gasteiger partial charge in [0, 0.05) is 55.7 Å². The first kappa shape index (κ1) is 26.9. The minimum Gasteiger partial charge on any atom is -0.504 e. The number of carbonyl (C=O) groups excluding carboxylic acids is 1. The molecule has 4 aromatic rings. The van der Waals surface area contributed by atoms with Crippen LogP contribution in [0.15, 0.2) is 63.8 Å². The van der Waals surface area contributed by atoms with Crippen molar-refractivity contribution >= 4 is 16.9 Å². The van der Waals surface area contributed by atoms with Gasteiger partial charge in [0.15, 0.2) is 28.4 Å². The highest BCUT2D eigenvalue weighted by Gasteiger charge is 2.33. The number of ether oxygens (including phenoxy) is 1. The molecule has 1 amide bonds. The quantitative estimate of drug-likeness (QED) is 0.267. The maximum absolute atomic E-state index is 13.6. The van der Waals surface area contributed by atoms with Crippen molar-refractivity contribution < 1.29 is 34.4 Å². The first-order valence-corrected chi connectivity index (χ1v) is 12.8. The molecule has 1 fully saturated rings. The highest BCUT2D eigenvalue weighted by molar-refractivity contribution is 5.94. The molecule has 0 spiro atoms. The molecular weight excluding hydrogens is 516 g/mol. The van der Waals surface area contributed by atoms with Crippen LogP contribution < -0.4 is 10.2 Å². The number of benzene rings is 3. The van der Waals surface area contributed by atoms with Gasteiger partial charge in [-0.2, -0.15) is 0 Å². The highest BCUT2D eigenvalue weighted by atomic mass is 16.5. The van der Waals surface area contributed by atoms with Crippen molar-refractivity contribution in [3.05, 3.63) is 75.9 Å². The molecule has 1 aliphatic rings. The molecule has 0 bridgehead atoms. The van der Waals surface area contributed by atoms with Gasteiger partial charge in [0.1, 0.15) is 16.7 Å². The molecule has 5 rings (SSSR count). The van der Waals surface area contributed by atoms with Gasteiger partial charge in [0.05, 0.1) is 7.11 Å². The van der Waals surface area contributed by atoms with Gasteiger partial charge in [-0.3, -0.25) is 9.59 Å². The summed E-state index contributed by atoms with van der Waals surface area (Å²) in [5.74, 6) is -3.50. The van der Waals surface area contributed by atoms with E-state index in [1.54, 1.807) is 41.3 Å². The second-order valence-corrected chi connectivity index (χ2v) is 9.88. The Bertz CT molecular complexity index is 1630. The molecule has 0 unspecified atom stereocenters. The molecule has 0 aliphatic carbocycles. The van der Waals surface area contributed by atoms with E-state index in [2.05, 4.69) is 4.90 Å². The number of carbonyl (C=O) groups is 1. The Morgan fingerprint density at radius 3 is 2.30 bits per heavy atom. The molecule has 40 heavy (non-hydrogen) atoms. The van der Waals surface area contributed by atoms with Crippen molar-refractivity contribution in [3.63, 3.8) is 0 Å². The van der Waals surface area contributed by atoms with Crippen molar-refractivity contribution in [1.29, 1.82) is 0 Å². The molecule has 3 aromatic carbocycles. The maximum Gasteiger partial charge on any atom is 0.223 e. The molecule has 1 aliphatic heterocycles. The number of piperazine rings is 1. The number of phenols is 4. The molecule has 1 atom stereocenters. The Labute approximate surface area is 229 Å². The number of amides is 1. The predicted octanol–water partition coefficient (Wildman–Crippen LogP) is 3.59. The van der Waals surface area contributed by atoms with E-state index in [9.17, 15) is 30.0 Å². The molecule has 0 radical (unpaired) electrons. The molecule has 1 saturated heterocycles. The molecule has 4 N–H and O–H groups in total. The summed E-state index contributed by atoms with van der Waals surface area (Å²) in [5, 5.41) is 42.8. The average molecular weight is 547 g/mol. The van der Waals surface area contributed by atoms with Gasteiger partial charge in [-0.05, 0) is 24.7 Å². The first-order chi connectivity index (χ1) is 19.2. The second kappa shape index (κ2) is 10.8. The minimum absolute atomic E-state index is 0.0628. The predicted molar refractivity (Wildman–Crippen MR) is 148 cm³/mol. The highest BCUT2D eigenvalue weighted by Crippen LogP contribution is 2.50. The Hall–Kier alpha value is -4.70. The smallest absolute Gasteiger partial charge is 0.223 e. The number of aromatic hydroxyl groups is 4. The van der Waals surface area contributed by atoms with Gasteiger partial charge in [-0.15, -0.1) is 0 Å². The third-order valence-corrected chi connectivity index (χ3v) is 7.38.